The second-order valence-electron chi connectivity index (χ2n) is 14.2. The molecule has 1 aliphatic carbocycles. The molecule has 53 heavy (non-hydrogen) atoms. The molecule has 2 amide bonds. The van der Waals surface area contributed by atoms with Gasteiger partial charge < -0.3 is 15.7 Å². The number of hydrogen-bond acceptors (Lipinski definition) is 8. The second-order valence-corrected chi connectivity index (χ2v) is 16.9. The second kappa shape index (κ2) is 20.7. The molecule has 5 rings (SSSR count). The molecule has 1 aromatic heterocycles. The van der Waals surface area contributed by atoms with Gasteiger partial charge in [0.05, 0.1) is 19.3 Å². The molecule has 10 nitrogen and oxygen atoms in total. The zero-order valence-electron chi connectivity index (χ0n) is 30.6. The lowest BCUT2D eigenvalue weighted by Crippen LogP contribution is -2.55. The summed E-state index contributed by atoms with van der Waals surface area (Å²) in [5.74, 6) is -0.472. The maximum Gasteiger partial charge on any atom is 0.406 e. The molecule has 0 bridgehead atoms. The highest BCUT2D eigenvalue weighted by atomic mass is 32.1. The molecule has 4 N–H and O–H groups in total. The largest absolute Gasteiger partial charge is 0.406 e. The number of carbonyl (C=O) groups is 2. The number of hydrogen-bond donors (Lipinski definition) is 4. The molecule has 284 valence electrons. The smallest absolute Gasteiger partial charge is 0.384 e. The molecular formula is C41H53N4O6PS. The molecular weight excluding hydrogens is 708 g/mol. The van der Waals surface area contributed by atoms with Crippen LogP contribution in [0.2, 0.25) is 0 Å². The van der Waals surface area contributed by atoms with E-state index in [0.717, 1.165) is 42.4 Å². The Hall–Kier alpha value is -3.70. The van der Waals surface area contributed by atoms with Gasteiger partial charge in [-0.15, -0.1) is 11.3 Å². The van der Waals surface area contributed by atoms with Crippen LogP contribution < -0.4 is 15.7 Å². The first-order valence-corrected chi connectivity index (χ1v) is 21.1. The predicted molar refractivity (Wildman–Crippen MR) is 209 cm³/mol. The molecule has 3 aromatic carbocycles. The van der Waals surface area contributed by atoms with Crippen LogP contribution in [-0.2, 0) is 42.8 Å². The van der Waals surface area contributed by atoms with E-state index in [1.165, 1.54) is 17.8 Å². The number of thiazole rings is 1. The van der Waals surface area contributed by atoms with Crippen LogP contribution in [0.3, 0.4) is 0 Å². The van der Waals surface area contributed by atoms with Crippen molar-refractivity contribution in [3.63, 3.8) is 0 Å². The number of rotatable bonds is 20. The first kappa shape index (κ1) is 40.5. The van der Waals surface area contributed by atoms with Gasteiger partial charge in [0.2, 0.25) is 11.8 Å². The van der Waals surface area contributed by atoms with Crippen LogP contribution in [0.15, 0.2) is 103 Å². The summed E-state index contributed by atoms with van der Waals surface area (Å²) in [4.78, 5) is 32.8. The number of benzene rings is 3. The van der Waals surface area contributed by atoms with Gasteiger partial charge in [0.25, 0.3) is 0 Å². The topological polar surface area (TPSA) is 139 Å². The first-order valence-electron chi connectivity index (χ1n) is 18.6. The summed E-state index contributed by atoms with van der Waals surface area (Å²) >= 11 is 1.35. The van der Waals surface area contributed by atoms with Crippen molar-refractivity contribution >= 4 is 30.9 Å². The maximum absolute atomic E-state index is 14.5. The Balaban J connectivity index is 1.37. The minimum absolute atomic E-state index is 0.0121. The summed E-state index contributed by atoms with van der Waals surface area (Å²) in [6, 6.07) is 25.5. The number of carbonyl (C=O) groups excluding carboxylic acids is 2. The van der Waals surface area contributed by atoms with Gasteiger partial charge in [-0.3, -0.25) is 18.6 Å². The molecule has 1 fully saturated rings. The third-order valence-corrected chi connectivity index (χ3v) is 11.9. The van der Waals surface area contributed by atoms with E-state index < -0.39 is 37.9 Å². The van der Waals surface area contributed by atoms with E-state index in [2.05, 4.69) is 20.7 Å². The Kier molecular flexibility index (Phi) is 15.8. The number of amides is 2. The van der Waals surface area contributed by atoms with E-state index in [1.54, 1.807) is 6.20 Å². The highest BCUT2D eigenvalue weighted by Gasteiger charge is 2.36. The van der Waals surface area contributed by atoms with Crippen molar-refractivity contribution < 1.29 is 28.3 Å². The summed E-state index contributed by atoms with van der Waals surface area (Å²) in [5.41, 5.74) is 2.40. The van der Waals surface area contributed by atoms with Crippen LogP contribution >= 0.6 is 19.1 Å². The molecule has 0 spiro atoms. The average Bonchev–Trinajstić information content (AvgIpc) is 3.72. The summed E-state index contributed by atoms with van der Waals surface area (Å²) in [6.07, 6.45) is 7.37. The van der Waals surface area contributed by atoms with Crippen molar-refractivity contribution in [1.29, 1.82) is 0 Å². The van der Waals surface area contributed by atoms with Gasteiger partial charge in [-0.05, 0) is 47.8 Å². The predicted octanol–water partition coefficient (Wildman–Crippen LogP) is 7.91. The fourth-order valence-corrected chi connectivity index (χ4v) is 8.82. The lowest BCUT2D eigenvalue weighted by molar-refractivity contribution is -0.131. The number of nitrogens with zero attached hydrogens (tertiary/aromatic N) is 1. The lowest BCUT2D eigenvalue weighted by Gasteiger charge is -2.31. The van der Waals surface area contributed by atoms with Crippen molar-refractivity contribution in [3.05, 3.63) is 124 Å². The zero-order chi connectivity index (χ0) is 37.5. The number of aromatic nitrogens is 1. The molecule has 0 aliphatic heterocycles. The Labute approximate surface area is 317 Å². The van der Waals surface area contributed by atoms with Crippen LogP contribution in [0, 0.1) is 11.8 Å². The van der Waals surface area contributed by atoms with Gasteiger partial charge in [0, 0.05) is 11.6 Å². The Morgan fingerprint density at radius 3 is 1.89 bits per heavy atom. The van der Waals surface area contributed by atoms with E-state index in [9.17, 15) is 19.3 Å². The standard InChI is InChI=1S/C41H53N4O6PS/c1-30(2)25-36(39(47)43-35(26-31-15-7-3-8-16-31)38(46)41-42-23-24-53-41)44-40(48)37(27-32-17-9-4-10-18-32)45-52(49,50-28-33-19-11-5-12-20-33)51-29-34-21-13-6-14-22-34/h4-6,9-14,17-24,30-31,35-38,46H,3,7-8,15-16,25-29H2,1-2H3,(H,43,47)(H,44,48)(H,45,49)/t35-,36-,37-,38+/m0/s1. The fourth-order valence-electron chi connectivity index (χ4n) is 6.68. The number of nitrogens with one attached hydrogen (secondary N) is 3. The molecule has 4 aromatic rings. The van der Waals surface area contributed by atoms with Gasteiger partial charge >= 0.3 is 7.75 Å². The highest BCUT2D eigenvalue weighted by Crippen LogP contribution is 2.46. The Morgan fingerprint density at radius 2 is 1.36 bits per heavy atom. The minimum atomic E-state index is -4.13. The molecule has 1 aliphatic rings. The third kappa shape index (κ3) is 13.3. The highest BCUT2D eigenvalue weighted by molar-refractivity contribution is 7.51. The van der Waals surface area contributed by atoms with Crippen molar-refractivity contribution in [2.24, 2.45) is 11.8 Å². The molecule has 0 unspecified atom stereocenters. The molecule has 12 heteroatoms. The van der Waals surface area contributed by atoms with Crippen molar-refractivity contribution in [2.45, 2.75) is 103 Å². The summed E-state index contributed by atoms with van der Waals surface area (Å²) < 4.78 is 26.5. The third-order valence-electron chi connectivity index (χ3n) is 9.47. The number of aliphatic hydroxyl groups is 1. The minimum Gasteiger partial charge on any atom is -0.384 e. The molecule has 1 heterocycles. The summed E-state index contributed by atoms with van der Waals surface area (Å²) in [5, 5.41) is 22.8. The van der Waals surface area contributed by atoms with E-state index >= 15 is 0 Å². The van der Waals surface area contributed by atoms with Crippen LogP contribution in [0.1, 0.15) is 86.6 Å². The molecule has 0 saturated heterocycles. The first-order chi connectivity index (χ1) is 25.7. The molecule has 1 saturated carbocycles. The Bertz CT molecular complexity index is 1660. The van der Waals surface area contributed by atoms with Crippen molar-refractivity contribution in [3.8, 4) is 0 Å². The van der Waals surface area contributed by atoms with Crippen LogP contribution in [-0.4, -0.2) is 40.0 Å². The normalized spacial score (nSPS) is 16.1. The quantitative estimate of drug-likeness (QED) is 0.0668. The van der Waals surface area contributed by atoms with Gasteiger partial charge in [-0.25, -0.2) is 14.6 Å². The maximum atomic E-state index is 14.5. The van der Waals surface area contributed by atoms with E-state index in [1.807, 2.05) is 110 Å². The zero-order valence-corrected chi connectivity index (χ0v) is 32.4. The van der Waals surface area contributed by atoms with Crippen LogP contribution in [0.5, 0.6) is 0 Å². The molecule has 0 radical (unpaired) electrons. The van der Waals surface area contributed by atoms with Crippen LogP contribution in [0.25, 0.3) is 0 Å². The van der Waals surface area contributed by atoms with E-state index in [4.69, 9.17) is 9.05 Å². The van der Waals surface area contributed by atoms with Crippen molar-refractivity contribution in [1.82, 2.24) is 20.7 Å². The fraction of sp³-hybridized carbons (Fsp3) is 0.439. The van der Waals surface area contributed by atoms with Gasteiger partial charge in [-0.1, -0.05) is 137 Å². The SMILES string of the molecule is CC(C)C[C@H](NC(=O)[C@H](Cc1ccccc1)NP(=O)(OCc1ccccc1)OCc1ccccc1)C(=O)N[C@@H](CC1CCCCC1)[C@@H](O)c1nccs1. The monoisotopic (exact) mass is 760 g/mol. The molecule has 4 atom stereocenters. The van der Waals surface area contributed by atoms with E-state index in [0.29, 0.717) is 23.8 Å². The van der Waals surface area contributed by atoms with E-state index in [-0.39, 0.29) is 31.5 Å². The lowest BCUT2D eigenvalue weighted by atomic mass is 9.83. The van der Waals surface area contributed by atoms with Gasteiger partial charge in [0.1, 0.15) is 23.2 Å². The van der Waals surface area contributed by atoms with Gasteiger partial charge in [0.15, 0.2) is 0 Å². The van der Waals surface area contributed by atoms with Crippen molar-refractivity contribution in [2.75, 3.05) is 0 Å². The van der Waals surface area contributed by atoms with Gasteiger partial charge in [-0.2, -0.15) is 0 Å². The number of aliphatic hydroxyl groups excluding tert-OH is 1. The Morgan fingerprint density at radius 1 is 0.811 bits per heavy atom. The van der Waals surface area contributed by atoms with Crippen LogP contribution in [0.4, 0.5) is 0 Å². The average molecular weight is 761 g/mol. The summed E-state index contributed by atoms with van der Waals surface area (Å²) in [6.45, 7) is 3.95. The summed E-state index contributed by atoms with van der Waals surface area (Å²) in [7, 11) is -4.13.